The molecule has 0 spiro atoms. The highest BCUT2D eigenvalue weighted by Crippen LogP contribution is 2.39. The Hall–Kier alpha value is -1.69. The van der Waals surface area contributed by atoms with Crippen LogP contribution in [0.4, 0.5) is 35.1 Å². The number of benzene rings is 2. The van der Waals surface area contributed by atoms with Crippen LogP contribution in [0, 0.1) is 46.5 Å². The van der Waals surface area contributed by atoms with Gasteiger partial charge < -0.3 is 0 Å². The van der Waals surface area contributed by atoms with Crippen LogP contribution in [-0.4, -0.2) is 6.16 Å². The summed E-state index contributed by atoms with van der Waals surface area (Å²) in [6.07, 6.45) is -0.414. The van der Waals surface area contributed by atoms with Gasteiger partial charge in [-0.25, -0.2) is 35.1 Å². The van der Waals surface area contributed by atoms with E-state index in [1.54, 1.807) is 0 Å². The fourth-order valence-electron chi connectivity index (χ4n) is 2.02. The van der Waals surface area contributed by atoms with Crippen molar-refractivity contribution in [3.63, 3.8) is 0 Å². The van der Waals surface area contributed by atoms with E-state index in [0.717, 1.165) is 0 Å². The zero-order valence-electron chi connectivity index (χ0n) is 11.3. The van der Waals surface area contributed by atoms with Crippen molar-refractivity contribution in [3.8, 4) is 0 Å². The van der Waals surface area contributed by atoms with Gasteiger partial charge in [-0.3, -0.25) is 0 Å². The maximum Gasteiger partial charge on any atom is 0.169 e. The maximum atomic E-state index is 13.8. The lowest BCUT2D eigenvalue weighted by Gasteiger charge is -2.20. The molecule has 0 bridgehead atoms. The molecule has 0 aliphatic carbocycles. The van der Waals surface area contributed by atoms with E-state index in [0.29, 0.717) is 0 Å². The maximum absolute atomic E-state index is 13.8. The second-order valence-corrected chi connectivity index (χ2v) is 6.76. The van der Waals surface area contributed by atoms with Gasteiger partial charge in [-0.1, -0.05) is 6.92 Å². The van der Waals surface area contributed by atoms with Gasteiger partial charge in [-0.05, 0) is 14.1 Å². The predicted molar refractivity (Wildman–Crippen MR) is 69.3 cm³/mol. The summed E-state index contributed by atoms with van der Waals surface area (Å²) in [5, 5.41) is -2.55. The highest BCUT2D eigenvalue weighted by molar-refractivity contribution is 7.73. The molecule has 124 valence electrons. The Labute approximate surface area is 126 Å². The van der Waals surface area contributed by atoms with Gasteiger partial charge in [0.15, 0.2) is 46.5 Å². The lowest BCUT2D eigenvalue weighted by atomic mass is 10.3. The minimum absolute atomic E-state index is 0.0732. The van der Waals surface area contributed by atoms with Gasteiger partial charge in [-0.15, -0.1) is 0 Å². The molecule has 0 saturated carbocycles. The van der Waals surface area contributed by atoms with Crippen molar-refractivity contribution in [2.75, 3.05) is 6.16 Å². The Morgan fingerprint density at radius 2 is 0.870 bits per heavy atom. The number of hydrogen-bond acceptors (Lipinski definition) is 0. The zero-order valence-corrected chi connectivity index (χ0v) is 12.2. The molecule has 0 unspecified atom stereocenters. The highest BCUT2D eigenvalue weighted by Gasteiger charge is 2.32. The Balaban J connectivity index is 2.83. The van der Waals surface area contributed by atoms with Crippen LogP contribution in [-0.2, 0) is 0 Å². The molecule has 2 aromatic carbocycles. The van der Waals surface area contributed by atoms with E-state index in [-0.39, 0.29) is 12.1 Å². The lowest BCUT2D eigenvalue weighted by molar-refractivity contribution is 0.461. The summed E-state index contributed by atoms with van der Waals surface area (Å²) >= 11 is 0. The number of rotatable bonds is 3. The van der Waals surface area contributed by atoms with Gasteiger partial charge in [0.25, 0.3) is 0 Å². The molecule has 2 rings (SSSR count). The fraction of sp³-hybridized carbons (Fsp3) is 0.143. The van der Waals surface area contributed by atoms with Crippen LogP contribution in [0.5, 0.6) is 0 Å². The number of halogens is 8. The summed E-state index contributed by atoms with van der Waals surface area (Å²) in [6.45, 7) is 1.20. The molecule has 0 atom stereocenters. The second-order valence-electron chi connectivity index (χ2n) is 4.38. The first-order valence-corrected chi connectivity index (χ1v) is 7.66. The third kappa shape index (κ3) is 2.92. The van der Waals surface area contributed by atoms with Crippen LogP contribution in [0.25, 0.3) is 0 Å². The molecular formula is C14H7F8P. The molecule has 0 amide bonds. The van der Waals surface area contributed by atoms with Crippen molar-refractivity contribution < 1.29 is 35.1 Å². The van der Waals surface area contributed by atoms with Crippen molar-refractivity contribution in [2.45, 2.75) is 6.92 Å². The van der Waals surface area contributed by atoms with Crippen molar-refractivity contribution >= 4 is 18.5 Å². The molecule has 0 fully saturated rings. The van der Waals surface area contributed by atoms with Gasteiger partial charge in [-0.2, -0.15) is 0 Å². The third-order valence-corrected chi connectivity index (χ3v) is 5.53. The summed E-state index contributed by atoms with van der Waals surface area (Å²) < 4.78 is 108. The Morgan fingerprint density at radius 1 is 0.609 bits per heavy atom. The van der Waals surface area contributed by atoms with Gasteiger partial charge in [0.1, 0.15) is 0 Å². The first-order chi connectivity index (χ1) is 10.7. The Morgan fingerprint density at radius 3 is 1.09 bits per heavy atom. The average Bonchev–Trinajstić information content (AvgIpc) is 2.49. The van der Waals surface area contributed by atoms with Crippen LogP contribution < -0.4 is 10.6 Å². The molecular weight excluding hydrogens is 351 g/mol. The molecule has 9 heteroatoms. The SMILES string of the molecule is CCP(c1c(F)c(F)cc(F)c1F)c1c(F)c(F)cc(F)c1F. The molecule has 0 aliphatic heterocycles. The van der Waals surface area contributed by atoms with E-state index in [2.05, 4.69) is 0 Å². The quantitative estimate of drug-likeness (QED) is 0.437. The summed E-state index contributed by atoms with van der Waals surface area (Å²) in [7, 11) is -2.76. The normalized spacial score (nSPS) is 11.4. The third-order valence-electron chi connectivity index (χ3n) is 3.03. The molecule has 2 aromatic rings. The molecule has 0 nitrogen and oxygen atoms in total. The minimum atomic E-state index is -2.76. The van der Waals surface area contributed by atoms with Crippen molar-refractivity contribution in [2.24, 2.45) is 0 Å². The fourth-order valence-corrected chi connectivity index (χ4v) is 4.25. The standard InChI is InChI=1S/C14H7F8P/c1-2-23(13-9(19)5(15)3-6(16)10(13)20)14-11(21)7(17)4-8(18)12(14)22/h3-4H,2H2,1H3. The predicted octanol–water partition coefficient (Wildman–Crippen LogP) is 4.25. The van der Waals surface area contributed by atoms with Crippen LogP contribution in [0.1, 0.15) is 6.92 Å². The van der Waals surface area contributed by atoms with Crippen LogP contribution in [0.2, 0.25) is 0 Å². The van der Waals surface area contributed by atoms with Crippen molar-refractivity contribution in [3.05, 3.63) is 58.7 Å². The first kappa shape index (κ1) is 17.7. The monoisotopic (exact) mass is 358 g/mol. The highest BCUT2D eigenvalue weighted by atomic mass is 31.1. The minimum Gasteiger partial charge on any atom is -0.204 e. The molecule has 0 saturated heterocycles. The zero-order chi connectivity index (χ0) is 17.5. The molecule has 23 heavy (non-hydrogen) atoms. The Kier molecular flexibility index (Phi) is 4.94. The average molecular weight is 358 g/mol. The van der Waals surface area contributed by atoms with Crippen LogP contribution in [0.15, 0.2) is 12.1 Å². The number of hydrogen-bond donors (Lipinski definition) is 0. The molecule has 0 heterocycles. The van der Waals surface area contributed by atoms with Gasteiger partial charge >= 0.3 is 0 Å². The second kappa shape index (κ2) is 6.43. The molecule has 0 N–H and O–H groups in total. The van der Waals surface area contributed by atoms with E-state index in [4.69, 9.17) is 0 Å². The first-order valence-electron chi connectivity index (χ1n) is 6.14. The lowest BCUT2D eigenvalue weighted by Crippen LogP contribution is -2.27. The van der Waals surface area contributed by atoms with E-state index in [9.17, 15) is 35.1 Å². The van der Waals surface area contributed by atoms with E-state index >= 15 is 0 Å². The summed E-state index contributed by atoms with van der Waals surface area (Å²) in [5.74, 6) is -14.6. The molecule has 0 aliphatic rings. The summed E-state index contributed by atoms with van der Waals surface area (Å²) in [5.41, 5.74) is 0. The van der Waals surface area contributed by atoms with Crippen molar-refractivity contribution in [1.82, 2.24) is 0 Å². The van der Waals surface area contributed by atoms with Crippen LogP contribution >= 0.6 is 7.92 Å². The summed E-state index contributed by atoms with van der Waals surface area (Å²) in [4.78, 5) is 0. The molecule has 0 aromatic heterocycles. The topological polar surface area (TPSA) is 0 Å². The van der Waals surface area contributed by atoms with E-state index < -0.39 is 71.2 Å². The van der Waals surface area contributed by atoms with Gasteiger partial charge in [0.05, 0.1) is 10.6 Å². The smallest absolute Gasteiger partial charge is 0.169 e. The van der Waals surface area contributed by atoms with Crippen LogP contribution in [0.3, 0.4) is 0 Å². The van der Waals surface area contributed by atoms with Gasteiger partial charge in [0.2, 0.25) is 0 Å². The molecule has 0 radical (unpaired) electrons. The summed E-state index contributed by atoms with van der Waals surface area (Å²) in [6, 6.07) is -0.146. The van der Waals surface area contributed by atoms with E-state index in [1.165, 1.54) is 6.92 Å². The van der Waals surface area contributed by atoms with Crippen molar-refractivity contribution in [1.29, 1.82) is 0 Å². The van der Waals surface area contributed by atoms with E-state index in [1.807, 2.05) is 0 Å². The Bertz CT molecular complexity index is 658. The largest absolute Gasteiger partial charge is 0.204 e. The van der Waals surface area contributed by atoms with Gasteiger partial charge in [0, 0.05) is 12.1 Å².